The molecule has 0 saturated carbocycles. The van der Waals surface area contributed by atoms with Crippen molar-refractivity contribution in [1.82, 2.24) is 0 Å². The third-order valence-electron chi connectivity index (χ3n) is 9.61. The summed E-state index contributed by atoms with van der Waals surface area (Å²) in [4.78, 5) is 4.63. The Morgan fingerprint density at radius 1 is 0.588 bits per heavy atom. The lowest BCUT2D eigenvalue weighted by Gasteiger charge is -2.34. The first kappa shape index (κ1) is 37.4. The molecule has 0 aliphatic rings. The largest absolute Gasteiger partial charge is 0.507 e. The maximum Gasteiger partial charge on any atom is 0.124 e. The molecule has 5 aromatic carbocycles. The standard InChI is InChI=1S/C46H58N4O/c1-32(2)28-33(3)50(31-34-29-35(45(4,5)6)30-43(44(34)51)46(7,8)9)42-26-22-39(23-27-42)48-37-18-16-36(17-19-37)47-38-20-24-41(25-21-38)49(10)40-14-12-11-13-15-40/h11-27,29-30,32-33,47-48,51H,28,31H2,1-10H3. The molecule has 1 atom stereocenters. The maximum absolute atomic E-state index is 11.6. The highest BCUT2D eigenvalue weighted by Gasteiger charge is 2.27. The van der Waals surface area contributed by atoms with Crippen LogP contribution in [0, 0.1) is 5.92 Å². The molecular weight excluding hydrogens is 625 g/mol. The summed E-state index contributed by atoms with van der Waals surface area (Å²) in [7, 11) is 2.08. The third-order valence-corrected chi connectivity index (χ3v) is 9.61. The molecule has 0 amide bonds. The molecule has 3 N–H and O–H groups in total. The number of nitrogens with one attached hydrogen (secondary N) is 2. The van der Waals surface area contributed by atoms with Crippen LogP contribution in [0.4, 0.5) is 39.8 Å². The average Bonchev–Trinajstić information content (AvgIpc) is 3.08. The van der Waals surface area contributed by atoms with E-state index in [1.807, 2.05) is 6.07 Å². The molecule has 0 saturated heterocycles. The molecule has 0 heterocycles. The summed E-state index contributed by atoms with van der Waals surface area (Å²) >= 11 is 0. The van der Waals surface area contributed by atoms with Gasteiger partial charge in [0.1, 0.15) is 5.75 Å². The van der Waals surface area contributed by atoms with Crippen molar-refractivity contribution >= 4 is 39.8 Å². The van der Waals surface area contributed by atoms with Gasteiger partial charge in [-0.1, -0.05) is 79.7 Å². The fraction of sp³-hybridized carbons (Fsp3) is 0.348. The summed E-state index contributed by atoms with van der Waals surface area (Å²) in [5, 5.41) is 18.7. The monoisotopic (exact) mass is 682 g/mol. The molecule has 268 valence electrons. The number of phenolic OH excluding ortho intramolecular Hbond substituents is 1. The van der Waals surface area contributed by atoms with Gasteiger partial charge in [0.15, 0.2) is 0 Å². The number of anilines is 7. The quantitative estimate of drug-likeness (QED) is 0.122. The number of hydrogen-bond donors (Lipinski definition) is 3. The Kier molecular flexibility index (Phi) is 11.4. The summed E-state index contributed by atoms with van der Waals surface area (Å²) in [5.41, 5.74) is 10.6. The van der Waals surface area contributed by atoms with Crippen molar-refractivity contribution in [1.29, 1.82) is 0 Å². The van der Waals surface area contributed by atoms with Crippen LogP contribution in [-0.2, 0) is 17.4 Å². The van der Waals surface area contributed by atoms with Crippen molar-refractivity contribution < 1.29 is 5.11 Å². The molecule has 5 rings (SSSR count). The van der Waals surface area contributed by atoms with Gasteiger partial charge in [-0.15, -0.1) is 0 Å². The van der Waals surface area contributed by atoms with Crippen molar-refractivity contribution in [2.45, 2.75) is 92.2 Å². The van der Waals surface area contributed by atoms with Gasteiger partial charge in [0, 0.05) is 65.0 Å². The lowest BCUT2D eigenvalue weighted by Crippen LogP contribution is -2.34. The van der Waals surface area contributed by atoms with Gasteiger partial charge in [0.05, 0.1) is 0 Å². The SMILES string of the molecule is CC(C)CC(C)N(Cc1cc(C(C)(C)C)cc(C(C)(C)C)c1O)c1ccc(Nc2ccc(Nc3ccc(N(C)c4ccccc4)cc3)cc2)cc1. The Morgan fingerprint density at radius 2 is 1.04 bits per heavy atom. The lowest BCUT2D eigenvalue weighted by atomic mass is 9.79. The van der Waals surface area contributed by atoms with Crippen molar-refractivity contribution in [3.8, 4) is 5.75 Å². The second kappa shape index (κ2) is 15.6. The molecule has 5 nitrogen and oxygen atoms in total. The predicted octanol–water partition coefficient (Wildman–Crippen LogP) is 12.7. The first-order chi connectivity index (χ1) is 24.1. The van der Waals surface area contributed by atoms with Crippen molar-refractivity contribution in [3.63, 3.8) is 0 Å². The average molecular weight is 683 g/mol. The Hall–Kier alpha value is -4.90. The zero-order valence-electron chi connectivity index (χ0n) is 32.4. The van der Waals surface area contributed by atoms with Crippen LogP contribution in [0.15, 0.2) is 115 Å². The van der Waals surface area contributed by atoms with E-state index in [1.165, 1.54) is 5.56 Å². The first-order valence-corrected chi connectivity index (χ1v) is 18.3. The van der Waals surface area contributed by atoms with Gasteiger partial charge in [0.2, 0.25) is 0 Å². The van der Waals surface area contributed by atoms with Crippen LogP contribution in [-0.4, -0.2) is 18.2 Å². The van der Waals surface area contributed by atoms with Crippen LogP contribution in [0.3, 0.4) is 0 Å². The van der Waals surface area contributed by atoms with Gasteiger partial charge in [-0.05, 0) is 132 Å². The van der Waals surface area contributed by atoms with E-state index in [-0.39, 0.29) is 10.8 Å². The zero-order chi connectivity index (χ0) is 36.9. The van der Waals surface area contributed by atoms with Gasteiger partial charge in [-0.3, -0.25) is 0 Å². The number of hydrogen-bond acceptors (Lipinski definition) is 5. The highest BCUT2D eigenvalue weighted by atomic mass is 16.3. The smallest absolute Gasteiger partial charge is 0.124 e. The number of phenols is 1. The summed E-state index contributed by atoms with van der Waals surface area (Å²) in [6.45, 7) is 20.8. The second-order valence-corrected chi connectivity index (χ2v) is 16.5. The van der Waals surface area contributed by atoms with E-state index in [1.54, 1.807) is 0 Å². The summed E-state index contributed by atoms with van der Waals surface area (Å²) < 4.78 is 0. The van der Waals surface area contributed by atoms with Crippen molar-refractivity contribution in [2.75, 3.05) is 27.5 Å². The van der Waals surface area contributed by atoms with E-state index in [4.69, 9.17) is 0 Å². The minimum atomic E-state index is -0.165. The molecule has 0 spiro atoms. The van der Waals surface area contributed by atoms with E-state index in [0.717, 1.165) is 57.4 Å². The minimum Gasteiger partial charge on any atom is -0.507 e. The maximum atomic E-state index is 11.6. The number of nitrogens with zero attached hydrogens (tertiary/aromatic N) is 2. The van der Waals surface area contributed by atoms with Gasteiger partial charge < -0.3 is 25.5 Å². The molecule has 1 unspecified atom stereocenters. The predicted molar refractivity (Wildman–Crippen MR) is 221 cm³/mol. The van der Waals surface area contributed by atoms with Gasteiger partial charge in [-0.25, -0.2) is 0 Å². The molecule has 0 radical (unpaired) electrons. The van der Waals surface area contributed by atoms with E-state index in [9.17, 15) is 5.11 Å². The van der Waals surface area contributed by atoms with Crippen LogP contribution in [0.5, 0.6) is 5.75 Å². The normalized spacial score (nSPS) is 12.5. The molecule has 5 heteroatoms. The Balaban J connectivity index is 1.29. The van der Waals surface area contributed by atoms with E-state index < -0.39 is 0 Å². The Labute approximate surface area is 307 Å². The third kappa shape index (κ3) is 9.67. The molecule has 0 bridgehead atoms. The van der Waals surface area contributed by atoms with Crippen LogP contribution >= 0.6 is 0 Å². The topological polar surface area (TPSA) is 50.8 Å². The number of para-hydroxylation sites is 1. The highest BCUT2D eigenvalue weighted by Crippen LogP contribution is 2.39. The number of rotatable bonds is 12. The van der Waals surface area contributed by atoms with E-state index >= 15 is 0 Å². The molecule has 0 fully saturated rings. The van der Waals surface area contributed by atoms with Crippen LogP contribution in [0.1, 0.15) is 85.4 Å². The molecule has 0 aliphatic carbocycles. The van der Waals surface area contributed by atoms with E-state index in [2.05, 4.69) is 199 Å². The molecule has 5 aromatic rings. The molecule has 51 heavy (non-hydrogen) atoms. The highest BCUT2D eigenvalue weighted by molar-refractivity contribution is 5.70. The zero-order valence-corrected chi connectivity index (χ0v) is 32.4. The molecule has 0 aromatic heterocycles. The number of aromatic hydroxyl groups is 1. The Bertz CT molecular complexity index is 1850. The molecule has 0 aliphatic heterocycles. The van der Waals surface area contributed by atoms with Crippen molar-refractivity contribution in [2.24, 2.45) is 5.92 Å². The van der Waals surface area contributed by atoms with Gasteiger partial charge in [-0.2, -0.15) is 0 Å². The minimum absolute atomic E-state index is 0.0238. The summed E-state index contributed by atoms with van der Waals surface area (Å²) in [6, 6.07) is 40.7. The lowest BCUT2D eigenvalue weighted by molar-refractivity contribution is 0.432. The van der Waals surface area contributed by atoms with E-state index in [0.29, 0.717) is 24.3 Å². The molecular formula is C46H58N4O. The van der Waals surface area contributed by atoms with Crippen LogP contribution < -0.4 is 20.4 Å². The van der Waals surface area contributed by atoms with Gasteiger partial charge >= 0.3 is 0 Å². The first-order valence-electron chi connectivity index (χ1n) is 18.3. The van der Waals surface area contributed by atoms with Crippen LogP contribution in [0.25, 0.3) is 0 Å². The number of benzene rings is 5. The van der Waals surface area contributed by atoms with Gasteiger partial charge in [0.25, 0.3) is 0 Å². The fourth-order valence-electron chi connectivity index (χ4n) is 6.59. The summed E-state index contributed by atoms with van der Waals surface area (Å²) in [6.07, 6.45) is 1.06. The van der Waals surface area contributed by atoms with Crippen LogP contribution in [0.2, 0.25) is 0 Å². The second-order valence-electron chi connectivity index (χ2n) is 16.5. The van der Waals surface area contributed by atoms with Crippen molar-refractivity contribution in [3.05, 3.63) is 132 Å². The Morgan fingerprint density at radius 3 is 1.49 bits per heavy atom. The fourth-order valence-corrected chi connectivity index (χ4v) is 6.59. The summed E-state index contributed by atoms with van der Waals surface area (Å²) in [5.74, 6) is 0.974.